The van der Waals surface area contributed by atoms with Crippen LogP contribution in [0.15, 0.2) is 23.6 Å². The molecular weight excluding hydrogens is 250 g/mol. The number of aromatic nitrogens is 1. The van der Waals surface area contributed by atoms with Gasteiger partial charge >= 0.3 is 0 Å². The van der Waals surface area contributed by atoms with Crippen molar-refractivity contribution in [2.45, 2.75) is 0 Å². The van der Waals surface area contributed by atoms with Gasteiger partial charge in [-0.05, 0) is 12.1 Å². The molecule has 0 unspecified atom stereocenters. The van der Waals surface area contributed by atoms with Crippen molar-refractivity contribution in [1.29, 1.82) is 0 Å². The van der Waals surface area contributed by atoms with Gasteiger partial charge in [-0.15, -0.1) is 11.3 Å². The van der Waals surface area contributed by atoms with E-state index in [2.05, 4.69) is 4.98 Å². The van der Waals surface area contributed by atoms with Crippen molar-refractivity contribution in [1.82, 2.24) is 4.98 Å². The van der Waals surface area contributed by atoms with Gasteiger partial charge in [-0.3, -0.25) is 10.1 Å². The molecule has 5 nitrogen and oxygen atoms in total. The fourth-order valence-electron chi connectivity index (χ4n) is 1.28. The maximum absolute atomic E-state index is 10.8. The molecular formula is C9H6ClN3O2S. The Labute approximate surface area is 99.6 Å². The number of hydrogen-bond acceptors (Lipinski definition) is 5. The van der Waals surface area contributed by atoms with Crippen LogP contribution in [0.25, 0.3) is 11.3 Å². The molecule has 0 radical (unpaired) electrons. The number of anilines is 1. The molecule has 0 bridgehead atoms. The van der Waals surface area contributed by atoms with Crippen LogP contribution in [0.1, 0.15) is 0 Å². The summed E-state index contributed by atoms with van der Waals surface area (Å²) in [5, 5.41) is 13.3. The third kappa shape index (κ3) is 1.98. The van der Waals surface area contributed by atoms with Crippen LogP contribution < -0.4 is 5.73 Å². The Morgan fingerprint density at radius 3 is 2.81 bits per heavy atom. The number of nitro groups is 1. The fraction of sp³-hybridized carbons (Fsp3) is 0. The zero-order valence-corrected chi connectivity index (χ0v) is 9.46. The zero-order chi connectivity index (χ0) is 11.7. The number of nitrogen functional groups attached to an aromatic ring is 1. The van der Waals surface area contributed by atoms with Crippen molar-refractivity contribution in [3.8, 4) is 11.3 Å². The summed E-state index contributed by atoms with van der Waals surface area (Å²) < 4.78 is 0. The molecule has 0 saturated carbocycles. The van der Waals surface area contributed by atoms with E-state index in [0.717, 1.165) is 0 Å². The van der Waals surface area contributed by atoms with Crippen molar-refractivity contribution in [2.75, 3.05) is 5.73 Å². The molecule has 2 rings (SSSR count). The molecule has 0 aliphatic carbocycles. The first-order valence-corrected chi connectivity index (χ1v) is 5.49. The van der Waals surface area contributed by atoms with Crippen LogP contribution in [-0.2, 0) is 0 Å². The zero-order valence-electron chi connectivity index (χ0n) is 7.88. The van der Waals surface area contributed by atoms with Crippen molar-refractivity contribution in [2.24, 2.45) is 0 Å². The third-order valence-electron chi connectivity index (χ3n) is 1.95. The Bertz CT molecular complexity index is 555. The first-order valence-electron chi connectivity index (χ1n) is 4.23. The minimum absolute atomic E-state index is 0.0327. The standard InChI is InChI=1S/C9H6ClN3O2S/c10-5-1-2-8(13(14)15)6(3-5)7-4-16-9(11)12-7/h1-4H,(H2,11,12). The number of nitro benzene ring substituents is 1. The monoisotopic (exact) mass is 255 g/mol. The van der Waals surface area contributed by atoms with Gasteiger partial charge < -0.3 is 5.73 Å². The van der Waals surface area contributed by atoms with E-state index in [-0.39, 0.29) is 5.69 Å². The molecule has 0 aliphatic rings. The number of thiazole rings is 1. The molecule has 0 atom stereocenters. The molecule has 1 aromatic heterocycles. The van der Waals surface area contributed by atoms with Crippen molar-refractivity contribution in [3.05, 3.63) is 38.7 Å². The van der Waals surface area contributed by atoms with Crippen LogP contribution in [0.4, 0.5) is 10.8 Å². The Kier molecular flexibility index (Phi) is 2.76. The summed E-state index contributed by atoms with van der Waals surface area (Å²) >= 11 is 7.03. The molecule has 7 heteroatoms. The van der Waals surface area contributed by atoms with Gasteiger partial charge in [0.25, 0.3) is 5.69 Å². The largest absolute Gasteiger partial charge is 0.375 e. The smallest absolute Gasteiger partial charge is 0.278 e. The highest BCUT2D eigenvalue weighted by atomic mass is 35.5. The average molecular weight is 256 g/mol. The van der Waals surface area contributed by atoms with Gasteiger partial charge in [0.2, 0.25) is 0 Å². The number of benzene rings is 1. The van der Waals surface area contributed by atoms with E-state index in [9.17, 15) is 10.1 Å². The summed E-state index contributed by atoms with van der Waals surface area (Å²) in [6, 6.07) is 4.33. The number of rotatable bonds is 2. The van der Waals surface area contributed by atoms with E-state index in [4.69, 9.17) is 17.3 Å². The lowest BCUT2D eigenvalue weighted by atomic mass is 10.1. The van der Waals surface area contributed by atoms with Gasteiger partial charge in [-0.1, -0.05) is 11.6 Å². The number of nitrogens with two attached hydrogens (primary N) is 1. The molecule has 0 saturated heterocycles. The third-order valence-corrected chi connectivity index (χ3v) is 2.86. The van der Waals surface area contributed by atoms with Gasteiger partial charge in [0.15, 0.2) is 5.13 Å². The van der Waals surface area contributed by atoms with Gasteiger partial charge in [0.05, 0.1) is 16.2 Å². The highest BCUT2D eigenvalue weighted by Gasteiger charge is 2.17. The van der Waals surface area contributed by atoms with Crippen molar-refractivity contribution in [3.63, 3.8) is 0 Å². The minimum atomic E-state index is -0.471. The van der Waals surface area contributed by atoms with Crippen LogP contribution in [0, 0.1) is 10.1 Å². The highest BCUT2D eigenvalue weighted by molar-refractivity contribution is 7.13. The number of hydrogen-bond donors (Lipinski definition) is 1. The Morgan fingerprint density at radius 1 is 1.50 bits per heavy atom. The molecule has 2 N–H and O–H groups in total. The summed E-state index contributed by atoms with van der Waals surface area (Å²) in [5.41, 5.74) is 6.30. The van der Waals surface area contributed by atoms with Gasteiger partial charge in [-0.2, -0.15) is 0 Å². The van der Waals surface area contributed by atoms with Crippen LogP contribution >= 0.6 is 22.9 Å². The Morgan fingerprint density at radius 2 is 2.25 bits per heavy atom. The average Bonchev–Trinajstić information content (AvgIpc) is 2.64. The van der Waals surface area contributed by atoms with E-state index < -0.39 is 4.92 Å². The SMILES string of the molecule is Nc1nc(-c2cc(Cl)ccc2[N+](=O)[O-])cs1. The van der Waals surface area contributed by atoms with Gasteiger partial charge in [0.1, 0.15) is 0 Å². The summed E-state index contributed by atoms with van der Waals surface area (Å²) in [6.45, 7) is 0. The predicted molar refractivity (Wildman–Crippen MR) is 63.6 cm³/mol. The van der Waals surface area contributed by atoms with Gasteiger partial charge in [0, 0.05) is 16.5 Å². The molecule has 1 aromatic carbocycles. The highest BCUT2D eigenvalue weighted by Crippen LogP contribution is 2.33. The quantitative estimate of drug-likeness (QED) is 0.661. The van der Waals surface area contributed by atoms with Crippen LogP contribution in [0.2, 0.25) is 5.02 Å². The maximum atomic E-state index is 10.8. The summed E-state index contributed by atoms with van der Waals surface area (Å²) in [6.07, 6.45) is 0. The predicted octanol–water partition coefficient (Wildman–Crippen LogP) is 2.95. The van der Waals surface area contributed by atoms with Crippen LogP contribution in [-0.4, -0.2) is 9.91 Å². The lowest BCUT2D eigenvalue weighted by Crippen LogP contribution is -1.92. The molecule has 0 amide bonds. The second-order valence-corrected chi connectivity index (χ2v) is 4.32. The van der Waals surface area contributed by atoms with Gasteiger partial charge in [-0.25, -0.2) is 4.98 Å². The second kappa shape index (κ2) is 4.07. The van der Waals surface area contributed by atoms with Crippen molar-refractivity contribution >= 4 is 33.8 Å². The van der Waals surface area contributed by atoms with E-state index in [0.29, 0.717) is 21.4 Å². The van der Waals surface area contributed by atoms with E-state index >= 15 is 0 Å². The summed E-state index contributed by atoms with van der Waals surface area (Å²) in [7, 11) is 0. The van der Waals surface area contributed by atoms with E-state index in [1.54, 1.807) is 5.38 Å². The topological polar surface area (TPSA) is 82.0 Å². The maximum Gasteiger partial charge on any atom is 0.278 e. The van der Waals surface area contributed by atoms with E-state index in [1.165, 1.54) is 29.5 Å². The number of halogens is 1. The molecule has 1 heterocycles. The number of nitrogens with zero attached hydrogens (tertiary/aromatic N) is 2. The molecule has 0 aliphatic heterocycles. The molecule has 2 aromatic rings. The summed E-state index contributed by atoms with van der Waals surface area (Å²) in [4.78, 5) is 14.3. The first-order chi connectivity index (χ1) is 7.58. The van der Waals surface area contributed by atoms with Crippen molar-refractivity contribution < 1.29 is 4.92 Å². The normalized spacial score (nSPS) is 10.3. The lowest BCUT2D eigenvalue weighted by Gasteiger charge is -1.99. The molecule has 0 fully saturated rings. The second-order valence-electron chi connectivity index (χ2n) is 2.99. The minimum Gasteiger partial charge on any atom is -0.375 e. The Hall–Kier alpha value is -1.66. The van der Waals surface area contributed by atoms with Crippen LogP contribution in [0.5, 0.6) is 0 Å². The lowest BCUT2D eigenvalue weighted by molar-refractivity contribution is -0.384. The fourth-order valence-corrected chi connectivity index (χ4v) is 2.02. The Balaban J connectivity index is 2.62. The molecule has 16 heavy (non-hydrogen) atoms. The van der Waals surface area contributed by atoms with Crippen LogP contribution in [0.3, 0.4) is 0 Å². The molecule has 82 valence electrons. The first kappa shape index (κ1) is 10.8. The summed E-state index contributed by atoms with van der Waals surface area (Å²) in [5.74, 6) is 0. The molecule has 0 spiro atoms. The van der Waals surface area contributed by atoms with E-state index in [1.807, 2.05) is 0 Å².